The van der Waals surface area contributed by atoms with E-state index >= 15 is 0 Å². The number of rotatable bonds is 23. The van der Waals surface area contributed by atoms with Gasteiger partial charge >= 0.3 is 0 Å². The van der Waals surface area contributed by atoms with Crippen LogP contribution in [-0.2, 0) is 6.54 Å². The van der Waals surface area contributed by atoms with Crippen molar-refractivity contribution in [3.63, 3.8) is 0 Å². The maximum atomic E-state index is 2.70. The molecular weight excluding hydrogens is 535 g/mol. The lowest BCUT2D eigenvalue weighted by atomic mass is 9.93. The van der Waals surface area contributed by atoms with Gasteiger partial charge in [-0.1, -0.05) is 148 Å². The Morgan fingerprint density at radius 2 is 1.17 bits per heavy atom. The first-order chi connectivity index (χ1) is 20.3. The molecule has 4 rings (SSSR count). The Hall–Kier alpha value is -1.58. The van der Waals surface area contributed by atoms with Crippen molar-refractivity contribution in [2.45, 2.75) is 149 Å². The zero-order valence-electron chi connectivity index (χ0n) is 26.3. The monoisotopic (exact) mass is 591 g/mol. The molecule has 0 fully saturated rings. The Bertz CT molecular complexity index is 1210. The Balaban J connectivity index is 1.35. The van der Waals surface area contributed by atoms with Crippen molar-refractivity contribution in [1.29, 1.82) is 0 Å². The number of hydrogen-bond acceptors (Lipinski definition) is 2. The second-order valence-corrected chi connectivity index (χ2v) is 14.4. The number of aromatic nitrogens is 1. The van der Waals surface area contributed by atoms with Gasteiger partial charge in [0.2, 0.25) is 0 Å². The summed E-state index contributed by atoms with van der Waals surface area (Å²) in [5.41, 5.74) is 4.27. The average molecular weight is 592 g/mol. The van der Waals surface area contributed by atoms with Crippen molar-refractivity contribution >= 4 is 43.8 Å². The zero-order valence-corrected chi connectivity index (χ0v) is 27.9. The van der Waals surface area contributed by atoms with Crippen LogP contribution >= 0.6 is 22.7 Å². The van der Waals surface area contributed by atoms with E-state index in [2.05, 4.69) is 65.6 Å². The quantitative estimate of drug-likeness (QED) is 0.0756. The normalized spacial score (nSPS) is 12.6. The van der Waals surface area contributed by atoms with Crippen LogP contribution in [0.1, 0.15) is 142 Å². The molecule has 41 heavy (non-hydrogen) atoms. The van der Waals surface area contributed by atoms with Crippen LogP contribution in [0.3, 0.4) is 0 Å². The fourth-order valence-electron chi connectivity index (χ4n) is 6.66. The minimum Gasteiger partial charge on any atom is -0.339 e. The number of benzene rings is 1. The van der Waals surface area contributed by atoms with Crippen molar-refractivity contribution < 1.29 is 0 Å². The van der Waals surface area contributed by atoms with E-state index in [0.717, 1.165) is 5.92 Å². The molecule has 1 aromatic carbocycles. The molecule has 0 saturated carbocycles. The fourth-order valence-corrected chi connectivity index (χ4v) is 8.31. The second kappa shape index (κ2) is 18.9. The van der Waals surface area contributed by atoms with Crippen LogP contribution in [0, 0.1) is 5.92 Å². The first-order valence-corrected chi connectivity index (χ1v) is 19.1. The van der Waals surface area contributed by atoms with Crippen LogP contribution in [0.2, 0.25) is 0 Å². The van der Waals surface area contributed by atoms with E-state index in [1.807, 2.05) is 22.7 Å². The van der Waals surface area contributed by atoms with Gasteiger partial charge in [-0.05, 0) is 53.3 Å². The molecule has 4 aromatic rings. The van der Waals surface area contributed by atoms with Crippen molar-refractivity contribution in [1.82, 2.24) is 4.57 Å². The molecular formula is C38H57NS2. The van der Waals surface area contributed by atoms with Crippen LogP contribution in [0.5, 0.6) is 0 Å². The van der Waals surface area contributed by atoms with Gasteiger partial charge in [-0.2, -0.15) is 0 Å². The standard InChI is InChI=1S/C38H57NS2/c1-3-5-7-9-11-13-14-16-18-20-23-32(22-19-17-15-12-10-8-6-4-2)31-39-35-27-29-41-38(35)34-26-25-33(30-36(34)39)37-24-21-28-40-37/h21,24-30,32H,3-20,22-23,31H2,1-2H3. The molecule has 1 unspecified atom stereocenters. The maximum absolute atomic E-state index is 2.70. The van der Waals surface area contributed by atoms with Gasteiger partial charge in [-0.25, -0.2) is 0 Å². The molecule has 3 aromatic heterocycles. The van der Waals surface area contributed by atoms with E-state index in [-0.39, 0.29) is 0 Å². The van der Waals surface area contributed by atoms with E-state index < -0.39 is 0 Å². The number of hydrogen-bond donors (Lipinski definition) is 0. The molecule has 0 aliphatic heterocycles. The van der Waals surface area contributed by atoms with Gasteiger partial charge < -0.3 is 4.57 Å². The Labute approximate surface area is 259 Å². The van der Waals surface area contributed by atoms with Gasteiger partial charge in [0, 0.05) is 16.8 Å². The van der Waals surface area contributed by atoms with Gasteiger partial charge in [0.1, 0.15) is 0 Å². The SMILES string of the molecule is CCCCCCCCCCCCC(CCCCCCCCCC)Cn1c2cc(-c3cccs3)ccc2c2sccc21. The lowest BCUT2D eigenvalue weighted by Crippen LogP contribution is -2.11. The van der Waals surface area contributed by atoms with E-state index in [1.54, 1.807) is 0 Å². The number of nitrogens with zero attached hydrogens (tertiary/aromatic N) is 1. The predicted octanol–water partition coefficient (Wildman–Crippen LogP) is 14.0. The minimum absolute atomic E-state index is 0.785. The lowest BCUT2D eigenvalue weighted by molar-refractivity contribution is 0.364. The highest BCUT2D eigenvalue weighted by atomic mass is 32.1. The number of thiophene rings is 2. The summed E-state index contributed by atoms with van der Waals surface area (Å²) in [6.45, 7) is 5.81. The highest BCUT2D eigenvalue weighted by Gasteiger charge is 2.17. The highest BCUT2D eigenvalue weighted by Crippen LogP contribution is 2.37. The Morgan fingerprint density at radius 3 is 1.73 bits per heavy atom. The summed E-state index contributed by atoms with van der Waals surface area (Å²) in [6.07, 6.45) is 28.4. The van der Waals surface area contributed by atoms with Crippen molar-refractivity contribution in [3.05, 3.63) is 47.2 Å². The summed E-state index contributed by atoms with van der Waals surface area (Å²) >= 11 is 3.77. The molecule has 1 atom stereocenters. The highest BCUT2D eigenvalue weighted by molar-refractivity contribution is 7.18. The predicted molar refractivity (Wildman–Crippen MR) is 188 cm³/mol. The zero-order chi connectivity index (χ0) is 28.5. The van der Waals surface area contributed by atoms with E-state index in [1.165, 1.54) is 167 Å². The molecule has 0 aliphatic carbocycles. The third-order valence-electron chi connectivity index (χ3n) is 9.15. The summed E-state index contributed by atoms with van der Waals surface area (Å²) in [4.78, 5) is 1.38. The summed E-state index contributed by atoms with van der Waals surface area (Å²) < 4.78 is 4.17. The lowest BCUT2D eigenvalue weighted by Gasteiger charge is -2.19. The molecule has 3 heteroatoms. The van der Waals surface area contributed by atoms with Crippen molar-refractivity contribution in [3.8, 4) is 10.4 Å². The topological polar surface area (TPSA) is 4.93 Å². The molecule has 1 nitrogen and oxygen atoms in total. The van der Waals surface area contributed by atoms with Crippen LogP contribution < -0.4 is 0 Å². The van der Waals surface area contributed by atoms with Gasteiger partial charge in [0.15, 0.2) is 0 Å². The fraction of sp³-hybridized carbons (Fsp3) is 0.632. The molecule has 0 saturated heterocycles. The summed E-state index contributed by atoms with van der Waals surface area (Å²) in [7, 11) is 0. The molecule has 226 valence electrons. The van der Waals surface area contributed by atoms with Crippen LogP contribution in [0.4, 0.5) is 0 Å². The number of unbranched alkanes of at least 4 members (excludes halogenated alkanes) is 16. The second-order valence-electron chi connectivity index (χ2n) is 12.6. The first-order valence-electron chi connectivity index (χ1n) is 17.3. The molecule has 0 bridgehead atoms. The molecule has 0 spiro atoms. The molecule has 0 aliphatic rings. The van der Waals surface area contributed by atoms with Gasteiger partial charge in [-0.3, -0.25) is 0 Å². The third kappa shape index (κ3) is 10.3. The Kier molecular flexibility index (Phi) is 14.9. The average Bonchev–Trinajstić information content (AvgIpc) is 3.75. The van der Waals surface area contributed by atoms with Gasteiger partial charge in [0.25, 0.3) is 0 Å². The first kappa shape index (κ1) is 32.3. The molecule has 3 heterocycles. The van der Waals surface area contributed by atoms with Crippen molar-refractivity contribution in [2.24, 2.45) is 5.92 Å². The Morgan fingerprint density at radius 1 is 0.585 bits per heavy atom. The van der Waals surface area contributed by atoms with Crippen LogP contribution in [0.25, 0.3) is 31.6 Å². The smallest absolute Gasteiger partial charge is 0.0601 e. The summed E-state index contributed by atoms with van der Waals surface area (Å²) in [6, 6.07) is 14.0. The van der Waals surface area contributed by atoms with Crippen LogP contribution in [0.15, 0.2) is 47.2 Å². The van der Waals surface area contributed by atoms with E-state index in [0.29, 0.717) is 0 Å². The maximum Gasteiger partial charge on any atom is 0.0601 e. The molecule has 0 radical (unpaired) electrons. The van der Waals surface area contributed by atoms with Gasteiger partial charge in [-0.15, -0.1) is 22.7 Å². The summed E-state index contributed by atoms with van der Waals surface area (Å²) in [5, 5.41) is 5.94. The third-order valence-corrected chi connectivity index (χ3v) is 11.0. The minimum atomic E-state index is 0.785. The van der Waals surface area contributed by atoms with Crippen molar-refractivity contribution in [2.75, 3.05) is 0 Å². The largest absolute Gasteiger partial charge is 0.339 e. The van der Waals surface area contributed by atoms with E-state index in [4.69, 9.17) is 0 Å². The molecule has 0 amide bonds. The summed E-state index contributed by atoms with van der Waals surface area (Å²) in [5.74, 6) is 0.785. The van der Waals surface area contributed by atoms with Gasteiger partial charge in [0.05, 0.1) is 15.7 Å². The number of fused-ring (bicyclic) bond motifs is 3. The molecule has 0 N–H and O–H groups in total. The van der Waals surface area contributed by atoms with Crippen LogP contribution in [-0.4, -0.2) is 4.57 Å². The van der Waals surface area contributed by atoms with E-state index in [9.17, 15) is 0 Å².